The van der Waals surface area contributed by atoms with Crippen LogP contribution in [-0.2, 0) is 0 Å². The van der Waals surface area contributed by atoms with Crippen LogP contribution in [0.5, 0.6) is 0 Å². The first-order valence-corrected chi connectivity index (χ1v) is 8.14. The topological polar surface area (TPSA) is 31.6 Å². The van der Waals surface area contributed by atoms with E-state index in [2.05, 4.69) is 94.9 Å². The highest BCUT2D eigenvalue weighted by Crippen LogP contribution is 2.38. The monoisotopic (exact) mass is 308 g/mol. The van der Waals surface area contributed by atoms with Crippen LogP contribution in [0.4, 0.5) is 0 Å². The van der Waals surface area contributed by atoms with E-state index < -0.39 is 0 Å². The number of nitrogens with one attached hydrogen (secondary N) is 2. The quantitative estimate of drug-likeness (QED) is 0.402. The molecule has 2 heteroatoms. The number of aromatic amines is 2. The summed E-state index contributed by atoms with van der Waals surface area (Å²) in [5.74, 6) is 0. The number of rotatable bonds is 2. The summed E-state index contributed by atoms with van der Waals surface area (Å²) in [6, 6.07) is 29.6. The summed E-state index contributed by atoms with van der Waals surface area (Å²) < 4.78 is 0. The van der Waals surface area contributed by atoms with Gasteiger partial charge in [-0.1, -0.05) is 66.7 Å². The molecule has 0 radical (unpaired) electrons. The van der Waals surface area contributed by atoms with E-state index in [0.717, 1.165) is 22.4 Å². The van der Waals surface area contributed by atoms with Gasteiger partial charge in [0.25, 0.3) is 0 Å². The maximum Gasteiger partial charge on any atom is 0.0559 e. The van der Waals surface area contributed by atoms with Crippen LogP contribution in [0.3, 0.4) is 0 Å². The van der Waals surface area contributed by atoms with E-state index in [1.165, 1.54) is 21.9 Å². The Morgan fingerprint density at radius 2 is 1.29 bits per heavy atom. The van der Waals surface area contributed by atoms with Crippen LogP contribution < -0.4 is 0 Å². The van der Waals surface area contributed by atoms with Gasteiger partial charge in [-0.15, -0.1) is 0 Å². The minimum Gasteiger partial charge on any atom is -0.354 e. The molecular weight excluding hydrogens is 292 g/mol. The highest BCUT2D eigenvalue weighted by molar-refractivity contribution is 6.04. The molecule has 114 valence electrons. The third-order valence-electron chi connectivity index (χ3n) is 4.57. The second-order valence-corrected chi connectivity index (χ2v) is 6.06. The van der Waals surface area contributed by atoms with Crippen molar-refractivity contribution in [3.8, 4) is 22.5 Å². The van der Waals surface area contributed by atoms with Crippen molar-refractivity contribution in [2.24, 2.45) is 0 Å². The number of aromatic nitrogens is 2. The van der Waals surface area contributed by atoms with E-state index in [9.17, 15) is 0 Å². The lowest BCUT2D eigenvalue weighted by molar-refractivity contribution is 1.42. The number of fused-ring (bicyclic) bond motifs is 2. The van der Waals surface area contributed by atoms with Crippen molar-refractivity contribution in [1.29, 1.82) is 0 Å². The maximum absolute atomic E-state index is 3.60. The smallest absolute Gasteiger partial charge is 0.0559 e. The first kappa shape index (κ1) is 13.2. The second-order valence-electron chi connectivity index (χ2n) is 6.06. The van der Waals surface area contributed by atoms with Crippen molar-refractivity contribution >= 4 is 21.8 Å². The summed E-state index contributed by atoms with van der Waals surface area (Å²) in [7, 11) is 0. The lowest BCUT2D eigenvalue weighted by Gasteiger charge is -2.03. The van der Waals surface area contributed by atoms with Crippen molar-refractivity contribution in [2.75, 3.05) is 0 Å². The molecule has 0 atom stereocenters. The van der Waals surface area contributed by atoms with Crippen LogP contribution in [0.1, 0.15) is 0 Å². The van der Waals surface area contributed by atoms with Crippen LogP contribution in [0.2, 0.25) is 0 Å². The Morgan fingerprint density at radius 3 is 2.12 bits per heavy atom. The van der Waals surface area contributed by atoms with Gasteiger partial charge < -0.3 is 9.97 Å². The molecule has 0 spiro atoms. The van der Waals surface area contributed by atoms with E-state index in [-0.39, 0.29) is 0 Å². The Bertz CT molecular complexity index is 1110. The third-order valence-corrected chi connectivity index (χ3v) is 4.57. The molecule has 0 fully saturated rings. The fraction of sp³-hybridized carbons (Fsp3) is 0. The van der Waals surface area contributed by atoms with Crippen molar-refractivity contribution in [2.45, 2.75) is 0 Å². The summed E-state index contributed by atoms with van der Waals surface area (Å²) in [6.07, 6.45) is 0. The van der Waals surface area contributed by atoms with Crippen molar-refractivity contribution in [3.05, 3.63) is 84.9 Å². The lowest BCUT2D eigenvalue weighted by atomic mass is 10.0. The average molecular weight is 308 g/mol. The van der Waals surface area contributed by atoms with Gasteiger partial charge in [0, 0.05) is 33.1 Å². The molecule has 5 rings (SSSR count). The molecule has 0 saturated carbocycles. The molecular formula is C22H16N2. The third kappa shape index (κ3) is 1.97. The van der Waals surface area contributed by atoms with Gasteiger partial charge in [-0.05, 0) is 23.8 Å². The van der Waals surface area contributed by atoms with Gasteiger partial charge in [-0.25, -0.2) is 0 Å². The molecule has 2 heterocycles. The molecule has 5 aromatic rings. The van der Waals surface area contributed by atoms with Gasteiger partial charge in [0.1, 0.15) is 0 Å². The first-order chi connectivity index (χ1) is 11.9. The molecule has 2 N–H and O–H groups in total. The van der Waals surface area contributed by atoms with Crippen molar-refractivity contribution < 1.29 is 0 Å². The van der Waals surface area contributed by atoms with Crippen molar-refractivity contribution in [3.63, 3.8) is 0 Å². The zero-order valence-corrected chi connectivity index (χ0v) is 13.1. The fourth-order valence-electron chi connectivity index (χ4n) is 3.45. The van der Waals surface area contributed by atoms with Crippen LogP contribution in [0, 0.1) is 0 Å². The summed E-state index contributed by atoms with van der Waals surface area (Å²) >= 11 is 0. The minimum atomic E-state index is 1.15. The highest BCUT2D eigenvalue weighted by atomic mass is 14.8. The molecule has 0 amide bonds. The number of hydrogen-bond acceptors (Lipinski definition) is 0. The highest BCUT2D eigenvalue weighted by Gasteiger charge is 2.16. The normalized spacial score (nSPS) is 11.3. The average Bonchev–Trinajstić information content (AvgIpc) is 3.23. The van der Waals surface area contributed by atoms with Crippen LogP contribution in [-0.4, -0.2) is 9.97 Å². The van der Waals surface area contributed by atoms with Crippen LogP contribution in [0.25, 0.3) is 44.3 Å². The van der Waals surface area contributed by atoms with Gasteiger partial charge >= 0.3 is 0 Å². The van der Waals surface area contributed by atoms with Gasteiger partial charge in [0.05, 0.1) is 5.69 Å². The molecule has 0 aliphatic carbocycles. The molecule has 0 aliphatic rings. The molecule has 2 aromatic heterocycles. The summed E-state index contributed by atoms with van der Waals surface area (Å²) in [5.41, 5.74) is 7.05. The SMILES string of the molecule is c1ccc(-c2[nH]c3ccccc3c2-c2cc3ccccc3[nH]2)cc1. The summed E-state index contributed by atoms with van der Waals surface area (Å²) in [6.45, 7) is 0. The van der Waals surface area contributed by atoms with Gasteiger partial charge in [-0.3, -0.25) is 0 Å². The Labute approximate surface area is 139 Å². The number of benzene rings is 3. The molecule has 0 aliphatic heterocycles. The summed E-state index contributed by atoms with van der Waals surface area (Å²) in [5, 5.41) is 2.47. The molecule has 2 nitrogen and oxygen atoms in total. The van der Waals surface area contributed by atoms with Gasteiger partial charge in [-0.2, -0.15) is 0 Å². The Balaban J connectivity index is 1.86. The van der Waals surface area contributed by atoms with Gasteiger partial charge in [0.2, 0.25) is 0 Å². The molecule has 0 unspecified atom stereocenters. The number of para-hydroxylation sites is 2. The van der Waals surface area contributed by atoms with Crippen LogP contribution in [0.15, 0.2) is 84.9 Å². The lowest BCUT2D eigenvalue weighted by Crippen LogP contribution is -1.82. The molecule has 24 heavy (non-hydrogen) atoms. The first-order valence-electron chi connectivity index (χ1n) is 8.14. The minimum absolute atomic E-state index is 1.15. The number of H-pyrrole nitrogens is 2. The summed E-state index contributed by atoms with van der Waals surface area (Å²) in [4.78, 5) is 7.18. The Hall–Kier alpha value is -3.26. The zero-order chi connectivity index (χ0) is 15.9. The van der Waals surface area contributed by atoms with E-state index in [1.54, 1.807) is 0 Å². The second kappa shape index (κ2) is 5.14. The largest absolute Gasteiger partial charge is 0.354 e. The standard InChI is InChI=1S/C22H16N2/c1-2-8-15(9-3-1)22-21(17-11-5-7-13-19(17)24-22)20-14-16-10-4-6-12-18(16)23-20/h1-14,23-24H. The van der Waals surface area contributed by atoms with E-state index in [1.807, 2.05) is 0 Å². The fourth-order valence-corrected chi connectivity index (χ4v) is 3.45. The molecule has 0 bridgehead atoms. The van der Waals surface area contributed by atoms with E-state index in [0.29, 0.717) is 0 Å². The Morgan fingerprint density at radius 1 is 0.583 bits per heavy atom. The molecule has 3 aromatic carbocycles. The zero-order valence-electron chi connectivity index (χ0n) is 13.1. The molecule has 0 saturated heterocycles. The van der Waals surface area contributed by atoms with E-state index >= 15 is 0 Å². The maximum atomic E-state index is 3.60. The van der Waals surface area contributed by atoms with E-state index in [4.69, 9.17) is 0 Å². The Kier molecular flexibility index (Phi) is 2.83. The van der Waals surface area contributed by atoms with Crippen molar-refractivity contribution in [1.82, 2.24) is 9.97 Å². The van der Waals surface area contributed by atoms with Gasteiger partial charge in [0.15, 0.2) is 0 Å². The predicted octanol–water partition coefficient (Wildman–Crippen LogP) is 5.98. The number of hydrogen-bond donors (Lipinski definition) is 2. The van der Waals surface area contributed by atoms with Crippen LogP contribution >= 0.6 is 0 Å². The predicted molar refractivity (Wildman–Crippen MR) is 101 cm³/mol.